The Kier molecular flexibility index (Phi) is 8.62. The second kappa shape index (κ2) is 12.1. The molecular weight excluding hydrogens is 559 g/mol. The number of nitrogens with zero attached hydrogens (tertiary/aromatic N) is 5. The molecule has 0 saturated carbocycles. The standard InChI is InChI=1S/C25H35N7O3.C2HF3O2/c1-28-22-14-18(2-3-20(22)32(25(28)35)21-4-5-23(33)27-24(21)34)29-10-12-30(13-11-29)19-15-31(16-19)17-6-8-26-9-7-17;3-2(4,5)1(6)7/h2-3,14,17,19,21,26H,4-13,15-16H2,1H3,(H,27,33,34);(H,6,7). The smallest absolute Gasteiger partial charge is 0.475 e. The number of halogens is 3. The number of carboxylic acid groups (broad SMARTS) is 1. The lowest BCUT2D eigenvalue weighted by Gasteiger charge is -2.51. The predicted octanol–water partition coefficient (Wildman–Crippen LogP) is 0.509. The van der Waals surface area contributed by atoms with E-state index in [0.717, 1.165) is 62.0 Å². The van der Waals surface area contributed by atoms with Gasteiger partial charge in [0, 0.05) is 70.5 Å². The summed E-state index contributed by atoms with van der Waals surface area (Å²) >= 11 is 0. The van der Waals surface area contributed by atoms with E-state index in [1.165, 1.54) is 25.9 Å². The first-order valence-electron chi connectivity index (χ1n) is 14.2. The Morgan fingerprint density at radius 2 is 1.57 bits per heavy atom. The number of nitrogens with one attached hydrogen (secondary N) is 2. The van der Waals surface area contributed by atoms with E-state index in [0.29, 0.717) is 12.5 Å². The highest BCUT2D eigenvalue weighted by atomic mass is 19.4. The number of carbonyl (C=O) groups is 3. The first-order chi connectivity index (χ1) is 19.9. The minimum absolute atomic E-state index is 0.222. The molecule has 0 spiro atoms. The van der Waals surface area contributed by atoms with Crippen molar-refractivity contribution in [3.8, 4) is 0 Å². The van der Waals surface area contributed by atoms with E-state index in [2.05, 4.69) is 37.5 Å². The summed E-state index contributed by atoms with van der Waals surface area (Å²) in [7, 11) is 1.75. The van der Waals surface area contributed by atoms with E-state index in [9.17, 15) is 27.6 Å². The number of aromatic nitrogens is 2. The van der Waals surface area contributed by atoms with Crippen molar-refractivity contribution in [1.29, 1.82) is 0 Å². The summed E-state index contributed by atoms with van der Waals surface area (Å²) in [6, 6.07) is 6.87. The summed E-state index contributed by atoms with van der Waals surface area (Å²) in [5.41, 5.74) is 2.44. The van der Waals surface area contributed by atoms with Crippen molar-refractivity contribution in [3.05, 3.63) is 28.7 Å². The van der Waals surface area contributed by atoms with Crippen LogP contribution in [0.5, 0.6) is 0 Å². The molecule has 6 rings (SSSR count). The van der Waals surface area contributed by atoms with Crippen LogP contribution in [0.3, 0.4) is 0 Å². The number of hydrogen-bond donors (Lipinski definition) is 3. The highest BCUT2D eigenvalue weighted by molar-refractivity contribution is 6.00. The molecule has 4 aliphatic rings. The molecule has 230 valence electrons. The third-order valence-corrected chi connectivity index (χ3v) is 8.75. The van der Waals surface area contributed by atoms with Crippen LogP contribution in [0.15, 0.2) is 23.0 Å². The summed E-state index contributed by atoms with van der Waals surface area (Å²) < 4.78 is 34.9. The van der Waals surface area contributed by atoms with Crippen molar-refractivity contribution in [1.82, 2.24) is 29.6 Å². The molecule has 0 aliphatic carbocycles. The summed E-state index contributed by atoms with van der Waals surface area (Å²) in [4.78, 5) is 53.6. The minimum atomic E-state index is -5.08. The van der Waals surface area contributed by atoms with Gasteiger partial charge < -0.3 is 15.3 Å². The van der Waals surface area contributed by atoms with Gasteiger partial charge in [-0.3, -0.25) is 33.8 Å². The minimum Gasteiger partial charge on any atom is -0.475 e. The first kappa shape index (κ1) is 30.0. The fourth-order valence-corrected chi connectivity index (χ4v) is 6.31. The second-order valence-corrected chi connectivity index (χ2v) is 11.3. The number of piperazine rings is 1. The number of likely N-dealkylation sites (tertiary alicyclic amines) is 1. The fourth-order valence-electron chi connectivity index (χ4n) is 6.31. The molecule has 5 heterocycles. The third-order valence-electron chi connectivity index (χ3n) is 8.75. The highest BCUT2D eigenvalue weighted by Crippen LogP contribution is 2.28. The van der Waals surface area contributed by atoms with Gasteiger partial charge in [0.2, 0.25) is 11.8 Å². The Bertz CT molecular complexity index is 1390. The van der Waals surface area contributed by atoms with Crippen LogP contribution in [0.4, 0.5) is 18.9 Å². The van der Waals surface area contributed by atoms with E-state index < -0.39 is 24.1 Å². The van der Waals surface area contributed by atoms with Gasteiger partial charge in [-0.1, -0.05) is 0 Å². The summed E-state index contributed by atoms with van der Waals surface area (Å²) in [6.45, 7) is 8.75. The molecule has 42 heavy (non-hydrogen) atoms. The highest BCUT2D eigenvalue weighted by Gasteiger charge is 2.39. The topological polar surface area (TPSA) is 132 Å². The van der Waals surface area contributed by atoms with Gasteiger partial charge in [-0.25, -0.2) is 9.59 Å². The molecule has 15 heteroatoms. The lowest BCUT2D eigenvalue weighted by molar-refractivity contribution is -0.192. The number of aryl methyl sites for hydroxylation is 1. The number of piperidine rings is 2. The van der Waals surface area contributed by atoms with Crippen LogP contribution in [-0.2, 0) is 21.4 Å². The Balaban J connectivity index is 0.000000451. The van der Waals surface area contributed by atoms with Gasteiger partial charge in [0.25, 0.3) is 0 Å². The largest absolute Gasteiger partial charge is 0.490 e. The molecule has 12 nitrogen and oxygen atoms in total. The number of carbonyl (C=O) groups excluding carboxylic acids is 2. The van der Waals surface area contributed by atoms with E-state index in [1.807, 2.05) is 6.07 Å². The van der Waals surface area contributed by atoms with Gasteiger partial charge >= 0.3 is 17.8 Å². The molecule has 1 atom stereocenters. The summed E-state index contributed by atoms with van der Waals surface area (Å²) in [5, 5.41) is 13.0. The number of imidazole rings is 1. The normalized spacial score (nSPS) is 23.3. The maximum absolute atomic E-state index is 13.0. The Morgan fingerprint density at radius 1 is 0.929 bits per heavy atom. The van der Waals surface area contributed by atoms with Crippen molar-refractivity contribution >= 4 is 34.5 Å². The number of hydrogen-bond acceptors (Lipinski definition) is 8. The molecular formula is C27H36F3N7O5. The number of aliphatic carboxylic acids is 1. The van der Waals surface area contributed by atoms with Gasteiger partial charge in [-0.15, -0.1) is 0 Å². The Labute approximate surface area is 240 Å². The first-order valence-corrected chi connectivity index (χ1v) is 14.2. The van der Waals surface area contributed by atoms with Gasteiger partial charge in [-0.05, 0) is 50.6 Å². The van der Waals surface area contributed by atoms with Crippen LogP contribution in [0.2, 0.25) is 0 Å². The quantitative estimate of drug-likeness (QED) is 0.433. The zero-order valence-electron chi connectivity index (χ0n) is 23.4. The molecule has 1 aromatic heterocycles. The Morgan fingerprint density at radius 3 is 2.17 bits per heavy atom. The molecule has 4 aliphatic heterocycles. The van der Waals surface area contributed by atoms with Crippen molar-refractivity contribution in [3.63, 3.8) is 0 Å². The zero-order valence-corrected chi connectivity index (χ0v) is 23.4. The summed E-state index contributed by atoms with van der Waals surface area (Å²) in [6.07, 6.45) is -1.94. The maximum atomic E-state index is 13.0. The van der Waals surface area contributed by atoms with Crippen molar-refractivity contribution in [2.45, 2.75) is 50.0 Å². The lowest BCUT2D eigenvalue weighted by Crippen LogP contribution is -2.65. The average Bonchev–Trinajstić information content (AvgIpc) is 3.18. The van der Waals surface area contributed by atoms with Crippen LogP contribution in [0.1, 0.15) is 31.7 Å². The number of imide groups is 1. The van der Waals surface area contributed by atoms with E-state index in [4.69, 9.17) is 9.90 Å². The molecule has 0 radical (unpaired) electrons. The molecule has 3 N–H and O–H groups in total. The van der Waals surface area contributed by atoms with E-state index >= 15 is 0 Å². The van der Waals surface area contributed by atoms with Crippen LogP contribution in [-0.4, -0.2) is 112 Å². The molecule has 1 aromatic carbocycles. The monoisotopic (exact) mass is 595 g/mol. The van der Waals surface area contributed by atoms with E-state index in [1.54, 1.807) is 16.2 Å². The second-order valence-electron chi connectivity index (χ2n) is 11.3. The molecule has 2 amide bonds. The number of alkyl halides is 3. The number of rotatable bonds is 4. The number of fused-ring (bicyclic) bond motifs is 1. The van der Waals surface area contributed by atoms with Crippen LogP contribution >= 0.6 is 0 Å². The number of anilines is 1. The van der Waals surface area contributed by atoms with E-state index in [-0.39, 0.29) is 18.0 Å². The SMILES string of the molecule is Cn1c(=O)n(C2CCC(=O)NC2=O)c2ccc(N3CCN(C4CN(C5CCNCC5)C4)CC3)cc21.O=C(O)C(F)(F)F. The van der Waals surface area contributed by atoms with Crippen LogP contribution in [0, 0.1) is 0 Å². The van der Waals surface area contributed by atoms with Gasteiger partial charge in [0.15, 0.2) is 0 Å². The molecule has 2 aromatic rings. The van der Waals surface area contributed by atoms with Gasteiger partial charge in [0.05, 0.1) is 11.0 Å². The number of carboxylic acids is 1. The van der Waals surface area contributed by atoms with Crippen molar-refractivity contribution in [2.75, 3.05) is 57.3 Å². The third kappa shape index (κ3) is 6.17. The molecule has 4 saturated heterocycles. The predicted molar refractivity (Wildman–Crippen MR) is 147 cm³/mol. The Hall–Kier alpha value is -3.43. The van der Waals surface area contributed by atoms with Gasteiger partial charge in [0.1, 0.15) is 6.04 Å². The van der Waals surface area contributed by atoms with Crippen molar-refractivity contribution < 1.29 is 32.7 Å². The lowest BCUT2D eigenvalue weighted by atomic mass is 9.97. The number of benzene rings is 1. The fraction of sp³-hybridized carbons (Fsp3) is 0.630. The number of amides is 2. The molecule has 1 unspecified atom stereocenters. The molecule has 4 fully saturated rings. The van der Waals surface area contributed by atoms with Gasteiger partial charge in [-0.2, -0.15) is 13.2 Å². The average molecular weight is 596 g/mol. The van der Waals surface area contributed by atoms with Crippen molar-refractivity contribution in [2.24, 2.45) is 7.05 Å². The summed E-state index contributed by atoms with van der Waals surface area (Å²) in [5.74, 6) is -3.43. The molecule has 0 bridgehead atoms. The van der Waals surface area contributed by atoms with Crippen LogP contribution < -0.4 is 21.2 Å². The maximum Gasteiger partial charge on any atom is 0.490 e. The zero-order chi connectivity index (χ0) is 30.2. The van der Waals surface area contributed by atoms with Crippen LogP contribution in [0.25, 0.3) is 11.0 Å².